The van der Waals surface area contributed by atoms with Crippen LogP contribution in [0.2, 0.25) is 0 Å². The number of rotatable bonds is 10. The van der Waals surface area contributed by atoms with Crippen LogP contribution in [0, 0.1) is 0 Å². The molecule has 1 aliphatic heterocycles. The fraction of sp³-hybridized carbons (Fsp3) is 0.611. The van der Waals surface area contributed by atoms with Gasteiger partial charge in [-0.3, -0.25) is 9.69 Å². The fourth-order valence-electron chi connectivity index (χ4n) is 2.80. The van der Waals surface area contributed by atoms with Gasteiger partial charge in [0.2, 0.25) is 10.0 Å². The molecule has 9 heteroatoms. The zero-order valence-electron chi connectivity index (χ0n) is 16.0. The number of carbonyl (C=O) groups is 1. The molecule has 1 fully saturated rings. The number of benzene rings is 1. The average molecular weight is 400 g/mol. The summed E-state index contributed by atoms with van der Waals surface area (Å²) >= 11 is 0. The Morgan fingerprint density at radius 2 is 1.81 bits per heavy atom. The lowest BCUT2D eigenvalue weighted by atomic mass is 10.3. The third-order valence-corrected chi connectivity index (χ3v) is 6.45. The van der Waals surface area contributed by atoms with Gasteiger partial charge in [0.05, 0.1) is 18.1 Å². The van der Waals surface area contributed by atoms with Crippen LogP contribution in [0.4, 0.5) is 0 Å². The van der Waals surface area contributed by atoms with Gasteiger partial charge < -0.3 is 14.8 Å². The van der Waals surface area contributed by atoms with Gasteiger partial charge in [-0.1, -0.05) is 13.8 Å². The molecule has 1 heterocycles. The second-order valence-electron chi connectivity index (χ2n) is 6.15. The number of sulfonamides is 1. The molecule has 2 rings (SSSR count). The van der Waals surface area contributed by atoms with Crippen molar-refractivity contribution < 1.29 is 22.7 Å². The lowest BCUT2D eigenvalue weighted by Crippen LogP contribution is -2.42. The van der Waals surface area contributed by atoms with Gasteiger partial charge in [-0.25, -0.2) is 8.42 Å². The highest BCUT2D eigenvalue weighted by Crippen LogP contribution is 2.19. The Bertz CT molecular complexity index is 683. The number of hydrogen-bond acceptors (Lipinski definition) is 6. The molecule has 0 spiro atoms. The van der Waals surface area contributed by atoms with Crippen LogP contribution >= 0.6 is 0 Å². The molecule has 0 aliphatic carbocycles. The maximum Gasteiger partial charge on any atom is 0.257 e. The van der Waals surface area contributed by atoms with Crippen LogP contribution < -0.4 is 10.1 Å². The number of amides is 1. The maximum atomic E-state index is 12.4. The van der Waals surface area contributed by atoms with E-state index in [9.17, 15) is 13.2 Å². The Labute approximate surface area is 161 Å². The Kier molecular flexibility index (Phi) is 8.49. The first-order chi connectivity index (χ1) is 13.0. The zero-order chi connectivity index (χ0) is 19.7. The molecule has 0 unspecified atom stereocenters. The van der Waals surface area contributed by atoms with E-state index in [1.54, 1.807) is 26.0 Å². The SMILES string of the molecule is CCN(CC)S(=O)(=O)c1ccc(OCC(=O)NCCN2CCOCC2)cc1. The topological polar surface area (TPSA) is 88.2 Å². The highest BCUT2D eigenvalue weighted by molar-refractivity contribution is 7.89. The van der Waals surface area contributed by atoms with Crippen LogP contribution in [-0.4, -0.2) is 82.6 Å². The Hall–Kier alpha value is -1.68. The van der Waals surface area contributed by atoms with E-state index in [0.29, 0.717) is 25.4 Å². The van der Waals surface area contributed by atoms with Crippen molar-refractivity contribution in [1.82, 2.24) is 14.5 Å². The van der Waals surface area contributed by atoms with Gasteiger partial charge in [-0.15, -0.1) is 0 Å². The monoisotopic (exact) mass is 399 g/mol. The lowest BCUT2D eigenvalue weighted by molar-refractivity contribution is -0.123. The molecule has 1 N–H and O–H groups in total. The number of nitrogens with zero attached hydrogens (tertiary/aromatic N) is 2. The largest absolute Gasteiger partial charge is 0.484 e. The van der Waals surface area contributed by atoms with Crippen LogP contribution in [0.1, 0.15) is 13.8 Å². The van der Waals surface area contributed by atoms with E-state index in [1.807, 2.05) is 0 Å². The van der Waals surface area contributed by atoms with Gasteiger partial charge in [0.25, 0.3) is 5.91 Å². The third kappa shape index (κ3) is 6.46. The summed E-state index contributed by atoms with van der Waals surface area (Å²) in [5, 5.41) is 2.82. The van der Waals surface area contributed by atoms with Crippen LogP contribution in [0.15, 0.2) is 29.2 Å². The molecule has 1 aromatic rings. The van der Waals surface area contributed by atoms with Gasteiger partial charge in [0, 0.05) is 39.3 Å². The normalized spacial score (nSPS) is 15.7. The van der Waals surface area contributed by atoms with E-state index < -0.39 is 10.0 Å². The minimum Gasteiger partial charge on any atom is -0.484 e. The minimum absolute atomic E-state index is 0.106. The molecular weight excluding hydrogens is 370 g/mol. The van der Waals surface area contributed by atoms with Gasteiger partial charge in [-0.05, 0) is 24.3 Å². The molecule has 0 aromatic heterocycles. The van der Waals surface area contributed by atoms with Crippen LogP contribution in [0.3, 0.4) is 0 Å². The van der Waals surface area contributed by atoms with Crippen molar-refractivity contribution in [3.05, 3.63) is 24.3 Å². The average Bonchev–Trinajstić information content (AvgIpc) is 2.68. The number of hydrogen-bond donors (Lipinski definition) is 1. The quantitative estimate of drug-likeness (QED) is 0.618. The van der Waals surface area contributed by atoms with Crippen LogP contribution in [-0.2, 0) is 19.6 Å². The van der Waals surface area contributed by atoms with Crippen molar-refractivity contribution in [2.24, 2.45) is 0 Å². The molecule has 1 amide bonds. The molecule has 27 heavy (non-hydrogen) atoms. The first-order valence-electron chi connectivity index (χ1n) is 9.27. The number of carbonyl (C=O) groups excluding carboxylic acids is 1. The van der Waals surface area contributed by atoms with E-state index in [0.717, 1.165) is 32.8 Å². The number of nitrogens with one attached hydrogen (secondary N) is 1. The van der Waals surface area contributed by atoms with E-state index in [-0.39, 0.29) is 17.4 Å². The second kappa shape index (κ2) is 10.6. The van der Waals surface area contributed by atoms with Crippen molar-refractivity contribution >= 4 is 15.9 Å². The highest BCUT2D eigenvalue weighted by Gasteiger charge is 2.21. The molecule has 0 saturated carbocycles. The van der Waals surface area contributed by atoms with Gasteiger partial charge >= 0.3 is 0 Å². The first-order valence-corrected chi connectivity index (χ1v) is 10.7. The molecule has 1 aromatic carbocycles. The summed E-state index contributed by atoms with van der Waals surface area (Å²) in [7, 11) is -3.49. The predicted octanol–water partition coefficient (Wildman–Crippen LogP) is 0.544. The summed E-state index contributed by atoms with van der Waals surface area (Å²) in [6.45, 7) is 8.91. The van der Waals surface area contributed by atoms with Gasteiger partial charge in [0.15, 0.2) is 6.61 Å². The van der Waals surface area contributed by atoms with Crippen molar-refractivity contribution in [3.63, 3.8) is 0 Å². The highest BCUT2D eigenvalue weighted by atomic mass is 32.2. The first kappa shape index (κ1) is 21.6. The Balaban J connectivity index is 1.76. The van der Waals surface area contributed by atoms with E-state index >= 15 is 0 Å². The maximum absolute atomic E-state index is 12.4. The number of morpholine rings is 1. The van der Waals surface area contributed by atoms with Crippen molar-refractivity contribution in [1.29, 1.82) is 0 Å². The van der Waals surface area contributed by atoms with E-state index in [1.165, 1.54) is 16.4 Å². The summed E-state index contributed by atoms with van der Waals surface area (Å²) in [6.07, 6.45) is 0. The van der Waals surface area contributed by atoms with Crippen molar-refractivity contribution in [2.45, 2.75) is 18.7 Å². The predicted molar refractivity (Wildman–Crippen MR) is 102 cm³/mol. The Morgan fingerprint density at radius 1 is 1.19 bits per heavy atom. The molecular formula is C18H29N3O5S. The summed E-state index contributed by atoms with van der Waals surface area (Å²) < 4.78 is 37.0. The molecule has 8 nitrogen and oxygen atoms in total. The molecule has 152 valence electrons. The zero-order valence-corrected chi connectivity index (χ0v) is 16.8. The lowest BCUT2D eigenvalue weighted by Gasteiger charge is -2.26. The van der Waals surface area contributed by atoms with E-state index in [2.05, 4.69) is 10.2 Å². The summed E-state index contributed by atoms with van der Waals surface area (Å²) in [5.41, 5.74) is 0. The standard InChI is InChI=1S/C18H29N3O5S/c1-3-21(4-2)27(23,24)17-7-5-16(6-8-17)26-15-18(22)19-9-10-20-11-13-25-14-12-20/h5-8H,3-4,9-15H2,1-2H3,(H,19,22). The molecule has 0 radical (unpaired) electrons. The third-order valence-electron chi connectivity index (χ3n) is 4.39. The van der Waals surface area contributed by atoms with Crippen LogP contribution in [0.25, 0.3) is 0 Å². The molecule has 0 bridgehead atoms. The van der Waals surface area contributed by atoms with Gasteiger partial charge in [-0.2, -0.15) is 4.31 Å². The fourth-order valence-corrected chi connectivity index (χ4v) is 4.26. The van der Waals surface area contributed by atoms with Gasteiger partial charge in [0.1, 0.15) is 5.75 Å². The Morgan fingerprint density at radius 3 is 2.41 bits per heavy atom. The summed E-state index contributed by atoms with van der Waals surface area (Å²) in [6, 6.07) is 6.13. The molecule has 1 aliphatic rings. The van der Waals surface area contributed by atoms with Crippen LogP contribution in [0.5, 0.6) is 5.75 Å². The second-order valence-corrected chi connectivity index (χ2v) is 8.09. The molecule has 1 saturated heterocycles. The number of ether oxygens (including phenoxy) is 2. The summed E-state index contributed by atoms with van der Waals surface area (Å²) in [5.74, 6) is 0.250. The summed E-state index contributed by atoms with van der Waals surface area (Å²) in [4.78, 5) is 14.3. The smallest absolute Gasteiger partial charge is 0.257 e. The van der Waals surface area contributed by atoms with Crippen molar-refractivity contribution in [2.75, 3.05) is 59.1 Å². The van der Waals surface area contributed by atoms with Crippen molar-refractivity contribution in [3.8, 4) is 5.75 Å². The molecule has 0 atom stereocenters. The minimum atomic E-state index is -3.49. The van der Waals surface area contributed by atoms with E-state index in [4.69, 9.17) is 9.47 Å².